The van der Waals surface area contributed by atoms with Crippen molar-refractivity contribution in [2.75, 3.05) is 12.3 Å². The van der Waals surface area contributed by atoms with E-state index in [-0.39, 0.29) is 24.0 Å². The van der Waals surface area contributed by atoms with E-state index in [0.29, 0.717) is 17.1 Å². The van der Waals surface area contributed by atoms with E-state index in [2.05, 4.69) is 5.16 Å². The van der Waals surface area contributed by atoms with Gasteiger partial charge in [-0.1, -0.05) is 17.3 Å². The SMILES string of the molecule is Cc1noc(C)c1CSCC(=O)N(CC(=O)O)Cc1ccc(F)cc1. The lowest BCUT2D eigenvalue weighted by atomic mass is 10.2. The molecular weight excluding hydrogens is 347 g/mol. The van der Waals surface area contributed by atoms with Crippen molar-refractivity contribution in [2.24, 2.45) is 0 Å². The monoisotopic (exact) mass is 366 g/mol. The third-order valence-corrected chi connectivity index (χ3v) is 4.56. The highest BCUT2D eigenvalue weighted by Crippen LogP contribution is 2.20. The first kappa shape index (κ1) is 19.0. The number of benzene rings is 1. The van der Waals surface area contributed by atoms with Gasteiger partial charge in [-0.25, -0.2) is 4.39 Å². The Kier molecular flexibility index (Phi) is 6.58. The predicted octanol–water partition coefficient (Wildman–Crippen LogP) is 2.78. The van der Waals surface area contributed by atoms with Crippen molar-refractivity contribution in [3.05, 3.63) is 52.7 Å². The number of carbonyl (C=O) groups excluding carboxylic acids is 1. The number of aliphatic carboxylic acids is 1. The van der Waals surface area contributed by atoms with Gasteiger partial charge in [0, 0.05) is 17.9 Å². The molecule has 0 saturated heterocycles. The highest BCUT2D eigenvalue weighted by Gasteiger charge is 2.18. The normalized spacial score (nSPS) is 10.7. The molecule has 0 aliphatic rings. The summed E-state index contributed by atoms with van der Waals surface area (Å²) in [5.74, 6) is -0.348. The van der Waals surface area contributed by atoms with Crippen LogP contribution in [0, 0.1) is 19.7 Å². The smallest absolute Gasteiger partial charge is 0.323 e. The Bertz CT molecular complexity index is 726. The maximum absolute atomic E-state index is 13.0. The minimum absolute atomic E-state index is 0.122. The minimum Gasteiger partial charge on any atom is -0.480 e. The zero-order chi connectivity index (χ0) is 18.4. The molecule has 0 unspecified atom stereocenters. The second kappa shape index (κ2) is 8.66. The second-order valence-electron chi connectivity index (χ2n) is 5.57. The number of thioether (sulfide) groups is 1. The van der Waals surface area contributed by atoms with Gasteiger partial charge in [0.25, 0.3) is 0 Å². The van der Waals surface area contributed by atoms with E-state index in [4.69, 9.17) is 9.63 Å². The predicted molar refractivity (Wildman–Crippen MR) is 91.6 cm³/mol. The van der Waals surface area contributed by atoms with Gasteiger partial charge in [-0.15, -0.1) is 11.8 Å². The van der Waals surface area contributed by atoms with Crippen molar-refractivity contribution >= 4 is 23.6 Å². The lowest BCUT2D eigenvalue weighted by Crippen LogP contribution is -2.36. The number of hydrogen-bond acceptors (Lipinski definition) is 5. The van der Waals surface area contributed by atoms with Gasteiger partial charge in [-0.2, -0.15) is 0 Å². The number of carboxylic acids is 1. The van der Waals surface area contributed by atoms with Crippen LogP contribution in [-0.2, 0) is 21.9 Å². The first-order chi connectivity index (χ1) is 11.9. The number of rotatable bonds is 8. The molecule has 2 rings (SSSR count). The first-order valence-corrected chi connectivity index (χ1v) is 8.75. The Morgan fingerprint density at radius 1 is 1.28 bits per heavy atom. The molecule has 0 aliphatic carbocycles. The molecule has 0 aliphatic heterocycles. The molecule has 1 aromatic heterocycles. The highest BCUT2D eigenvalue weighted by atomic mass is 32.2. The third-order valence-electron chi connectivity index (χ3n) is 3.62. The van der Waals surface area contributed by atoms with Crippen LogP contribution in [0.25, 0.3) is 0 Å². The van der Waals surface area contributed by atoms with Gasteiger partial charge in [0.15, 0.2) is 0 Å². The van der Waals surface area contributed by atoms with Gasteiger partial charge in [0.1, 0.15) is 18.1 Å². The van der Waals surface area contributed by atoms with Crippen LogP contribution >= 0.6 is 11.8 Å². The van der Waals surface area contributed by atoms with E-state index >= 15 is 0 Å². The van der Waals surface area contributed by atoms with Crippen LogP contribution in [-0.4, -0.2) is 39.3 Å². The number of nitrogens with zero attached hydrogens (tertiary/aromatic N) is 2. The Morgan fingerprint density at radius 2 is 1.96 bits per heavy atom. The van der Waals surface area contributed by atoms with E-state index < -0.39 is 12.5 Å². The van der Waals surface area contributed by atoms with Gasteiger partial charge in [-0.3, -0.25) is 9.59 Å². The summed E-state index contributed by atoms with van der Waals surface area (Å²) in [6.07, 6.45) is 0. The largest absolute Gasteiger partial charge is 0.480 e. The van der Waals surface area contributed by atoms with Crippen molar-refractivity contribution < 1.29 is 23.6 Å². The molecule has 1 amide bonds. The Hall–Kier alpha value is -2.35. The fourth-order valence-electron chi connectivity index (χ4n) is 2.25. The van der Waals surface area contributed by atoms with E-state index in [1.54, 1.807) is 0 Å². The van der Waals surface area contributed by atoms with E-state index in [9.17, 15) is 14.0 Å². The van der Waals surface area contributed by atoms with Crippen LogP contribution in [0.5, 0.6) is 0 Å². The summed E-state index contributed by atoms with van der Waals surface area (Å²) < 4.78 is 18.0. The fourth-order valence-corrected chi connectivity index (χ4v) is 3.32. The van der Waals surface area contributed by atoms with Crippen LogP contribution in [0.15, 0.2) is 28.8 Å². The van der Waals surface area contributed by atoms with Crippen molar-refractivity contribution in [1.29, 1.82) is 0 Å². The molecule has 8 heteroatoms. The number of carbonyl (C=O) groups is 2. The Morgan fingerprint density at radius 3 is 2.52 bits per heavy atom. The average Bonchev–Trinajstić information content (AvgIpc) is 2.87. The lowest BCUT2D eigenvalue weighted by Gasteiger charge is -2.20. The maximum Gasteiger partial charge on any atom is 0.323 e. The summed E-state index contributed by atoms with van der Waals surface area (Å²) in [6, 6.07) is 5.64. The van der Waals surface area contributed by atoms with Crippen LogP contribution in [0.1, 0.15) is 22.6 Å². The van der Waals surface area contributed by atoms with Crippen molar-refractivity contribution in [3.63, 3.8) is 0 Å². The summed E-state index contributed by atoms with van der Waals surface area (Å²) in [5.41, 5.74) is 2.40. The number of carboxylic acid groups (broad SMARTS) is 1. The average molecular weight is 366 g/mol. The molecule has 0 atom stereocenters. The Labute approximate surface area is 149 Å². The summed E-state index contributed by atoms with van der Waals surface area (Å²) in [7, 11) is 0. The molecular formula is C17H19FN2O4S. The topological polar surface area (TPSA) is 83.6 Å². The van der Waals surface area contributed by atoms with Crippen molar-refractivity contribution in [3.8, 4) is 0 Å². The fraction of sp³-hybridized carbons (Fsp3) is 0.353. The highest BCUT2D eigenvalue weighted by molar-refractivity contribution is 7.99. The number of hydrogen-bond donors (Lipinski definition) is 1. The standard InChI is InChI=1S/C17H19FN2O4S/c1-11-15(12(2)24-19-11)9-25-10-16(21)20(8-17(22)23)7-13-3-5-14(18)6-4-13/h3-6H,7-10H2,1-2H3,(H,22,23). The van der Waals surface area contributed by atoms with Gasteiger partial charge >= 0.3 is 5.97 Å². The van der Waals surface area contributed by atoms with Crippen LogP contribution < -0.4 is 0 Å². The number of aryl methyl sites for hydroxylation is 2. The number of amides is 1. The van der Waals surface area contributed by atoms with Gasteiger partial charge < -0.3 is 14.5 Å². The molecule has 1 heterocycles. The summed E-state index contributed by atoms with van der Waals surface area (Å²) in [4.78, 5) is 24.6. The van der Waals surface area contributed by atoms with E-state index in [1.165, 1.54) is 40.9 Å². The molecule has 25 heavy (non-hydrogen) atoms. The molecule has 6 nitrogen and oxygen atoms in total. The number of aromatic nitrogens is 1. The molecule has 0 bridgehead atoms. The zero-order valence-electron chi connectivity index (χ0n) is 14.0. The summed E-state index contributed by atoms with van der Waals surface area (Å²) >= 11 is 1.37. The summed E-state index contributed by atoms with van der Waals surface area (Å²) in [5, 5.41) is 12.9. The third kappa shape index (κ3) is 5.60. The van der Waals surface area contributed by atoms with Crippen molar-refractivity contribution in [1.82, 2.24) is 10.1 Å². The maximum atomic E-state index is 13.0. The lowest BCUT2D eigenvalue weighted by molar-refractivity contribution is -0.143. The van der Waals surface area contributed by atoms with Gasteiger partial charge in [0.2, 0.25) is 5.91 Å². The molecule has 2 aromatic rings. The molecule has 0 fully saturated rings. The van der Waals surface area contributed by atoms with E-state index in [0.717, 1.165) is 11.3 Å². The minimum atomic E-state index is -1.09. The number of halogens is 1. The first-order valence-electron chi connectivity index (χ1n) is 7.60. The molecule has 0 saturated carbocycles. The zero-order valence-corrected chi connectivity index (χ0v) is 14.8. The van der Waals surface area contributed by atoms with Crippen LogP contribution in [0.4, 0.5) is 4.39 Å². The van der Waals surface area contributed by atoms with Gasteiger partial charge in [0.05, 0.1) is 11.4 Å². The molecule has 0 radical (unpaired) electrons. The van der Waals surface area contributed by atoms with Crippen molar-refractivity contribution in [2.45, 2.75) is 26.1 Å². The molecule has 1 N–H and O–H groups in total. The van der Waals surface area contributed by atoms with Crippen LogP contribution in [0.3, 0.4) is 0 Å². The van der Waals surface area contributed by atoms with Gasteiger partial charge in [-0.05, 0) is 31.5 Å². The summed E-state index contributed by atoms with van der Waals surface area (Å²) in [6.45, 7) is 3.36. The van der Waals surface area contributed by atoms with Crippen LogP contribution in [0.2, 0.25) is 0 Å². The molecule has 134 valence electrons. The van der Waals surface area contributed by atoms with E-state index in [1.807, 2.05) is 13.8 Å². The molecule has 1 aromatic carbocycles. The Balaban J connectivity index is 1.95. The second-order valence-corrected chi connectivity index (χ2v) is 6.55. The quantitative estimate of drug-likeness (QED) is 0.773. The molecule has 0 spiro atoms.